The number of phenolic OH excluding ortho intramolecular Hbond substituents is 1. The largest absolute Gasteiger partial charge is 0.508 e. The Balaban J connectivity index is 1.46. The van der Waals surface area contributed by atoms with Gasteiger partial charge in [0.25, 0.3) is 5.56 Å². The van der Waals surface area contributed by atoms with Gasteiger partial charge >= 0.3 is 5.69 Å². The Hall–Kier alpha value is -2.87. The van der Waals surface area contributed by atoms with Gasteiger partial charge in [-0.2, -0.15) is 0 Å². The highest BCUT2D eigenvalue weighted by atomic mass is 16.3. The van der Waals surface area contributed by atoms with E-state index in [2.05, 4.69) is 14.8 Å². The van der Waals surface area contributed by atoms with E-state index in [1.165, 1.54) is 4.57 Å². The molecule has 0 aliphatic carbocycles. The van der Waals surface area contributed by atoms with Gasteiger partial charge in [-0.1, -0.05) is 6.07 Å². The van der Waals surface area contributed by atoms with Gasteiger partial charge in [-0.15, -0.1) is 0 Å². The van der Waals surface area contributed by atoms with Crippen LogP contribution >= 0.6 is 0 Å². The molecule has 2 aliphatic rings. The number of rotatable bonds is 5. The van der Waals surface area contributed by atoms with Crippen LogP contribution in [0.2, 0.25) is 0 Å². The standard InChI is InChI=1S/C21H27N5O3/c1-3-25-19-18(20(28)26(4-2)21(25)29)12-15(22-19)14-23-8-10-24(11-9-23)16-6-5-7-17(27)13-16/h5-7,13,27H,3-4,8-12,14H2,1-2H3. The Morgan fingerprint density at radius 2 is 1.76 bits per heavy atom. The molecule has 8 heteroatoms. The van der Waals surface area contributed by atoms with Gasteiger partial charge in [0.1, 0.15) is 11.6 Å². The lowest BCUT2D eigenvalue weighted by Crippen LogP contribution is -2.48. The second-order valence-corrected chi connectivity index (χ2v) is 7.52. The SMILES string of the molecule is CCn1c2c(c(=O)n(CC)c1=O)CC(CN1CCN(c3cccc(O)c3)CC1)=N2. The van der Waals surface area contributed by atoms with Crippen LogP contribution in [-0.2, 0) is 19.5 Å². The van der Waals surface area contributed by atoms with Gasteiger partial charge in [0.15, 0.2) is 0 Å². The molecule has 8 nitrogen and oxygen atoms in total. The molecule has 0 saturated carbocycles. The molecule has 154 valence electrons. The fraction of sp³-hybridized carbons (Fsp3) is 0.476. The minimum atomic E-state index is -0.275. The number of nitrogens with zero attached hydrogens (tertiary/aromatic N) is 5. The number of hydrogen-bond acceptors (Lipinski definition) is 6. The molecule has 2 aromatic rings. The van der Waals surface area contributed by atoms with Crippen LogP contribution in [0.15, 0.2) is 38.8 Å². The minimum Gasteiger partial charge on any atom is -0.508 e. The molecule has 1 fully saturated rings. The van der Waals surface area contributed by atoms with Crippen LogP contribution in [0.1, 0.15) is 19.4 Å². The summed E-state index contributed by atoms with van der Waals surface area (Å²) in [6, 6.07) is 7.34. The summed E-state index contributed by atoms with van der Waals surface area (Å²) in [7, 11) is 0. The van der Waals surface area contributed by atoms with E-state index in [4.69, 9.17) is 0 Å². The number of hydrogen-bond donors (Lipinski definition) is 1. The molecule has 4 rings (SSSR count). The second-order valence-electron chi connectivity index (χ2n) is 7.52. The van der Waals surface area contributed by atoms with E-state index >= 15 is 0 Å². The van der Waals surface area contributed by atoms with Crippen molar-refractivity contribution in [2.45, 2.75) is 33.4 Å². The molecular formula is C21H27N5O3. The predicted molar refractivity (Wildman–Crippen MR) is 114 cm³/mol. The average molecular weight is 397 g/mol. The van der Waals surface area contributed by atoms with Crippen molar-refractivity contribution in [3.63, 3.8) is 0 Å². The van der Waals surface area contributed by atoms with E-state index in [1.807, 2.05) is 26.0 Å². The molecule has 1 aromatic carbocycles. The summed E-state index contributed by atoms with van der Waals surface area (Å²) < 4.78 is 2.90. The maximum Gasteiger partial charge on any atom is 0.332 e. The monoisotopic (exact) mass is 397 g/mol. The molecule has 0 spiro atoms. The van der Waals surface area contributed by atoms with Gasteiger partial charge in [0.05, 0.1) is 5.56 Å². The zero-order valence-electron chi connectivity index (χ0n) is 17.0. The van der Waals surface area contributed by atoms with E-state index in [0.29, 0.717) is 37.4 Å². The van der Waals surface area contributed by atoms with Crippen LogP contribution in [0.4, 0.5) is 11.5 Å². The minimum absolute atomic E-state index is 0.204. The van der Waals surface area contributed by atoms with Crippen LogP contribution in [0.3, 0.4) is 0 Å². The first-order chi connectivity index (χ1) is 14.0. The quantitative estimate of drug-likeness (QED) is 0.820. The van der Waals surface area contributed by atoms with Crippen molar-refractivity contribution >= 4 is 17.2 Å². The normalized spacial score (nSPS) is 16.8. The van der Waals surface area contributed by atoms with E-state index in [1.54, 1.807) is 16.7 Å². The van der Waals surface area contributed by atoms with Gasteiger partial charge in [-0.25, -0.2) is 9.79 Å². The summed E-state index contributed by atoms with van der Waals surface area (Å²) in [4.78, 5) is 34.5. The molecule has 1 saturated heterocycles. The Kier molecular flexibility index (Phi) is 5.27. The predicted octanol–water partition coefficient (Wildman–Crippen LogP) is 1.21. The number of piperazine rings is 1. The number of aliphatic imine (C=N–C) groups is 1. The molecule has 0 radical (unpaired) electrons. The highest BCUT2D eigenvalue weighted by Gasteiger charge is 2.26. The lowest BCUT2D eigenvalue weighted by Gasteiger charge is -2.36. The maximum atomic E-state index is 12.7. The number of benzene rings is 1. The third-order valence-electron chi connectivity index (χ3n) is 5.74. The maximum absolute atomic E-state index is 12.7. The number of fused-ring (bicyclic) bond motifs is 1. The van der Waals surface area contributed by atoms with Gasteiger partial charge in [-0.05, 0) is 26.0 Å². The summed E-state index contributed by atoms with van der Waals surface area (Å²) in [5.74, 6) is 0.823. The summed E-state index contributed by atoms with van der Waals surface area (Å²) in [6.45, 7) is 8.79. The highest BCUT2D eigenvalue weighted by molar-refractivity contribution is 5.94. The second kappa shape index (κ2) is 7.87. The lowest BCUT2D eigenvalue weighted by molar-refractivity contribution is 0.291. The smallest absolute Gasteiger partial charge is 0.332 e. The van der Waals surface area contributed by atoms with Gasteiger partial charge in [0.2, 0.25) is 0 Å². The molecule has 1 aromatic heterocycles. The molecule has 0 bridgehead atoms. The zero-order valence-corrected chi connectivity index (χ0v) is 17.0. The summed E-state index contributed by atoms with van der Waals surface area (Å²) in [5, 5.41) is 9.69. The van der Waals surface area contributed by atoms with Crippen molar-refractivity contribution in [2.75, 3.05) is 37.6 Å². The summed E-state index contributed by atoms with van der Waals surface area (Å²) >= 11 is 0. The third-order valence-corrected chi connectivity index (χ3v) is 5.74. The first kappa shape index (κ1) is 19.4. The third kappa shape index (κ3) is 3.60. The van der Waals surface area contributed by atoms with Crippen LogP contribution in [0, 0.1) is 0 Å². The number of anilines is 1. The summed E-state index contributed by atoms with van der Waals surface area (Å²) in [6.07, 6.45) is 0.515. The van der Waals surface area contributed by atoms with Crippen molar-refractivity contribution in [1.82, 2.24) is 14.0 Å². The fourth-order valence-corrected chi connectivity index (χ4v) is 4.19. The fourth-order valence-electron chi connectivity index (χ4n) is 4.19. The molecule has 0 unspecified atom stereocenters. The highest BCUT2D eigenvalue weighted by Crippen LogP contribution is 2.24. The lowest BCUT2D eigenvalue weighted by atomic mass is 10.1. The number of phenols is 1. The molecule has 1 N–H and O–H groups in total. The van der Waals surface area contributed by atoms with Crippen molar-refractivity contribution in [2.24, 2.45) is 4.99 Å². The van der Waals surface area contributed by atoms with Gasteiger partial charge < -0.3 is 10.0 Å². The molecular weight excluding hydrogens is 370 g/mol. The van der Waals surface area contributed by atoms with E-state index in [-0.39, 0.29) is 17.0 Å². The Bertz CT molecular complexity index is 1060. The van der Waals surface area contributed by atoms with Crippen LogP contribution in [0.5, 0.6) is 5.75 Å². The Morgan fingerprint density at radius 1 is 1.03 bits per heavy atom. The van der Waals surface area contributed by atoms with Crippen LogP contribution in [-0.4, -0.2) is 57.6 Å². The molecule has 29 heavy (non-hydrogen) atoms. The first-order valence-corrected chi connectivity index (χ1v) is 10.2. The van der Waals surface area contributed by atoms with E-state index in [9.17, 15) is 14.7 Å². The van der Waals surface area contributed by atoms with Gasteiger partial charge in [0, 0.05) is 69.7 Å². The van der Waals surface area contributed by atoms with E-state index < -0.39 is 0 Å². The van der Waals surface area contributed by atoms with Crippen LogP contribution < -0.4 is 16.1 Å². The topological polar surface area (TPSA) is 83.1 Å². The van der Waals surface area contributed by atoms with E-state index in [0.717, 1.165) is 37.6 Å². The zero-order chi connectivity index (χ0) is 20.5. The van der Waals surface area contributed by atoms with Crippen molar-refractivity contribution in [3.8, 4) is 5.75 Å². The van der Waals surface area contributed by atoms with Crippen molar-refractivity contribution in [3.05, 3.63) is 50.7 Å². The molecule has 2 aliphatic heterocycles. The Morgan fingerprint density at radius 3 is 2.41 bits per heavy atom. The summed E-state index contributed by atoms with van der Waals surface area (Å²) in [5.41, 5.74) is 2.13. The molecule has 0 amide bonds. The van der Waals surface area contributed by atoms with Crippen LogP contribution in [0.25, 0.3) is 0 Å². The molecule has 3 heterocycles. The number of aromatic hydroxyl groups is 1. The average Bonchev–Trinajstić information content (AvgIpc) is 3.13. The number of aromatic nitrogens is 2. The first-order valence-electron chi connectivity index (χ1n) is 10.2. The Labute approximate surface area is 169 Å². The van der Waals surface area contributed by atoms with Crippen molar-refractivity contribution < 1.29 is 5.11 Å². The van der Waals surface area contributed by atoms with Crippen molar-refractivity contribution in [1.29, 1.82) is 0 Å². The van der Waals surface area contributed by atoms with Gasteiger partial charge in [-0.3, -0.25) is 18.8 Å². The molecule has 0 atom stereocenters.